The lowest BCUT2D eigenvalue weighted by molar-refractivity contribution is -0.121. The first kappa shape index (κ1) is 9.88. The van der Waals surface area contributed by atoms with Crippen LogP contribution in [0.5, 0.6) is 0 Å². The lowest BCUT2D eigenvalue weighted by atomic mass is 9.88. The summed E-state index contributed by atoms with van der Waals surface area (Å²) in [6, 6.07) is 9.77. The highest BCUT2D eigenvalue weighted by Crippen LogP contribution is 2.48. The third-order valence-corrected chi connectivity index (χ3v) is 4.12. The summed E-state index contributed by atoms with van der Waals surface area (Å²) in [4.78, 5) is 12.1. The summed E-state index contributed by atoms with van der Waals surface area (Å²) < 4.78 is 0. The van der Waals surface area contributed by atoms with Crippen LogP contribution >= 0.6 is 0 Å². The van der Waals surface area contributed by atoms with Gasteiger partial charge in [-0.1, -0.05) is 24.6 Å². The van der Waals surface area contributed by atoms with Gasteiger partial charge in [0.2, 0.25) is 5.91 Å². The minimum absolute atomic E-state index is 0.235. The van der Waals surface area contributed by atoms with Gasteiger partial charge in [-0.25, -0.2) is 0 Å². The van der Waals surface area contributed by atoms with E-state index in [9.17, 15) is 4.79 Å². The molecule has 0 aliphatic heterocycles. The van der Waals surface area contributed by atoms with Crippen molar-refractivity contribution in [1.82, 2.24) is 0 Å². The molecule has 2 aliphatic carbocycles. The molecular formula is C14H17NO. The molecule has 1 amide bonds. The molecule has 16 heavy (non-hydrogen) atoms. The van der Waals surface area contributed by atoms with Gasteiger partial charge in [0.15, 0.2) is 0 Å². The molecule has 0 saturated heterocycles. The first-order valence-corrected chi connectivity index (χ1v) is 6.19. The average molecular weight is 215 g/mol. The first-order valence-electron chi connectivity index (χ1n) is 6.19. The van der Waals surface area contributed by atoms with Crippen LogP contribution in [0.25, 0.3) is 0 Å². The number of amides is 1. The number of benzene rings is 1. The zero-order valence-corrected chi connectivity index (χ0v) is 9.36. The van der Waals surface area contributed by atoms with Crippen molar-refractivity contribution in [3.8, 4) is 0 Å². The van der Waals surface area contributed by atoms with Gasteiger partial charge < -0.3 is 5.32 Å². The molecule has 2 nitrogen and oxygen atoms in total. The van der Waals surface area contributed by atoms with E-state index in [1.165, 1.54) is 19.3 Å². The van der Waals surface area contributed by atoms with Gasteiger partial charge in [0, 0.05) is 11.6 Å². The van der Waals surface area contributed by atoms with Crippen LogP contribution < -0.4 is 5.32 Å². The summed E-state index contributed by atoms with van der Waals surface area (Å²) in [5.41, 5.74) is 0.926. The summed E-state index contributed by atoms with van der Waals surface area (Å²) in [5, 5.41) is 3.03. The highest BCUT2D eigenvalue weighted by Gasteiger charge is 2.42. The second-order valence-corrected chi connectivity index (χ2v) is 5.14. The van der Waals surface area contributed by atoms with Crippen molar-refractivity contribution < 1.29 is 4.79 Å². The molecular weight excluding hydrogens is 198 g/mol. The molecule has 2 fully saturated rings. The molecule has 0 heterocycles. The van der Waals surface area contributed by atoms with Gasteiger partial charge in [-0.2, -0.15) is 0 Å². The molecule has 1 aromatic rings. The SMILES string of the molecule is O=C(Nc1ccccc1)[C@H]1C[C@@H]2CC[C@@H]1C2. The topological polar surface area (TPSA) is 29.1 Å². The molecule has 2 heteroatoms. The van der Waals surface area contributed by atoms with Gasteiger partial charge >= 0.3 is 0 Å². The summed E-state index contributed by atoms with van der Waals surface area (Å²) in [6.07, 6.45) is 5.01. The van der Waals surface area contributed by atoms with E-state index in [2.05, 4.69) is 5.32 Å². The Balaban J connectivity index is 1.66. The maximum atomic E-state index is 12.1. The van der Waals surface area contributed by atoms with Crippen molar-refractivity contribution in [3.05, 3.63) is 30.3 Å². The van der Waals surface area contributed by atoms with Crippen molar-refractivity contribution >= 4 is 11.6 Å². The van der Waals surface area contributed by atoms with Gasteiger partial charge in [-0.05, 0) is 43.2 Å². The molecule has 3 atom stereocenters. The van der Waals surface area contributed by atoms with Crippen LogP contribution in [0.2, 0.25) is 0 Å². The zero-order chi connectivity index (χ0) is 11.0. The summed E-state index contributed by atoms with van der Waals surface area (Å²) >= 11 is 0. The molecule has 1 aromatic carbocycles. The molecule has 0 spiro atoms. The molecule has 0 radical (unpaired) electrons. The Bertz CT molecular complexity index is 387. The van der Waals surface area contributed by atoms with Crippen molar-refractivity contribution in [2.45, 2.75) is 25.7 Å². The minimum atomic E-state index is 0.235. The van der Waals surface area contributed by atoms with Crippen molar-refractivity contribution in [3.63, 3.8) is 0 Å². The lowest BCUT2D eigenvalue weighted by Crippen LogP contribution is -2.27. The largest absolute Gasteiger partial charge is 0.326 e. The number of nitrogens with one attached hydrogen (secondary N) is 1. The standard InChI is InChI=1S/C14H17NO/c16-14(15-12-4-2-1-3-5-12)13-9-10-6-7-11(13)8-10/h1-5,10-11,13H,6-9H2,(H,15,16)/t10-,11-,13+/m1/s1. The van der Waals surface area contributed by atoms with Crippen LogP contribution in [0.3, 0.4) is 0 Å². The normalized spacial score (nSPS) is 31.6. The molecule has 2 bridgehead atoms. The first-order chi connectivity index (χ1) is 7.83. The molecule has 1 N–H and O–H groups in total. The number of hydrogen-bond acceptors (Lipinski definition) is 1. The zero-order valence-electron chi connectivity index (χ0n) is 9.36. The number of hydrogen-bond donors (Lipinski definition) is 1. The third kappa shape index (κ3) is 1.73. The highest BCUT2D eigenvalue weighted by molar-refractivity contribution is 5.93. The van der Waals surface area contributed by atoms with E-state index in [-0.39, 0.29) is 11.8 Å². The van der Waals surface area contributed by atoms with Crippen LogP contribution in [-0.2, 0) is 4.79 Å². The Morgan fingerprint density at radius 3 is 2.56 bits per heavy atom. The number of para-hydroxylation sites is 1. The fourth-order valence-electron chi connectivity index (χ4n) is 3.32. The van der Waals surface area contributed by atoms with E-state index in [1.54, 1.807) is 0 Å². The quantitative estimate of drug-likeness (QED) is 0.807. The maximum absolute atomic E-state index is 12.1. The second kappa shape index (κ2) is 3.93. The summed E-state index contributed by atoms with van der Waals surface area (Å²) in [5.74, 6) is 2.00. The predicted octanol–water partition coefficient (Wildman–Crippen LogP) is 3.06. The van der Waals surface area contributed by atoms with Crippen LogP contribution in [0.1, 0.15) is 25.7 Å². The maximum Gasteiger partial charge on any atom is 0.227 e. The van der Waals surface area contributed by atoms with E-state index in [0.717, 1.165) is 18.0 Å². The highest BCUT2D eigenvalue weighted by atomic mass is 16.1. The Morgan fingerprint density at radius 2 is 1.94 bits per heavy atom. The van der Waals surface area contributed by atoms with Gasteiger partial charge in [0.05, 0.1) is 0 Å². The average Bonchev–Trinajstić information content (AvgIpc) is 2.92. The summed E-state index contributed by atoms with van der Waals surface area (Å²) in [7, 11) is 0. The van der Waals surface area contributed by atoms with Crippen molar-refractivity contribution in [2.24, 2.45) is 17.8 Å². The number of fused-ring (bicyclic) bond motifs is 2. The van der Waals surface area contributed by atoms with Crippen LogP contribution in [-0.4, -0.2) is 5.91 Å². The Morgan fingerprint density at radius 1 is 1.12 bits per heavy atom. The Kier molecular flexibility index (Phi) is 2.43. The van der Waals surface area contributed by atoms with E-state index in [1.807, 2.05) is 30.3 Å². The number of carbonyl (C=O) groups excluding carboxylic acids is 1. The van der Waals surface area contributed by atoms with E-state index < -0.39 is 0 Å². The van der Waals surface area contributed by atoms with Gasteiger partial charge in [-0.3, -0.25) is 4.79 Å². The van der Waals surface area contributed by atoms with E-state index >= 15 is 0 Å². The fourth-order valence-corrected chi connectivity index (χ4v) is 3.32. The molecule has 84 valence electrons. The monoisotopic (exact) mass is 215 g/mol. The molecule has 3 rings (SSSR count). The Hall–Kier alpha value is -1.31. The molecule has 2 aliphatic rings. The number of anilines is 1. The van der Waals surface area contributed by atoms with Crippen LogP contribution in [0.4, 0.5) is 5.69 Å². The van der Waals surface area contributed by atoms with E-state index in [0.29, 0.717) is 5.92 Å². The van der Waals surface area contributed by atoms with Gasteiger partial charge in [0.1, 0.15) is 0 Å². The predicted molar refractivity (Wildman–Crippen MR) is 64.0 cm³/mol. The van der Waals surface area contributed by atoms with Crippen molar-refractivity contribution in [2.75, 3.05) is 5.32 Å². The third-order valence-electron chi connectivity index (χ3n) is 4.12. The van der Waals surface area contributed by atoms with E-state index in [4.69, 9.17) is 0 Å². The minimum Gasteiger partial charge on any atom is -0.326 e. The van der Waals surface area contributed by atoms with Crippen LogP contribution in [0.15, 0.2) is 30.3 Å². The second-order valence-electron chi connectivity index (χ2n) is 5.14. The molecule has 0 unspecified atom stereocenters. The van der Waals surface area contributed by atoms with Gasteiger partial charge in [-0.15, -0.1) is 0 Å². The smallest absolute Gasteiger partial charge is 0.227 e. The van der Waals surface area contributed by atoms with Crippen molar-refractivity contribution in [1.29, 1.82) is 0 Å². The number of carbonyl (C=O) groups is 1. The molecule has 0 aromatic heterocycles. The summed E-state index contributed by atoms with van der Waals surface area (Å²) in [6.45, 7) is 0. The fraction of sp³-hybridized carbons (Fsp3) is 0.500. The van der Waals surface area contributed by atoms with Gasteiger partial charge in [0.25, 0.3) is 0 Å². The molecule has 2 saturated carbocycles. The lowest BCUT2D eigenvalue weighted by Gasteiger charge is -2.20. The van der Waals surface area contributed by atoms with Crippen LogP contribution in [0, 0.1) is 17.8 Å². The Labute approximate surface area is 96.1 Å². The number of rotatable bonds is 2.